The molecule has 2 aromatic rings. The Morgan fingerprint density at radius 3 is 2.52 bits per heavy atom. The average molecular weight is 400 g/mol. The number of amides is 1. The number of carbonyl (C=O) groups is 2. The third-order valence-corrected chi connectivity index (χ3v) is 4.65. The molecule has 8 nitrogen and oxygen atoms in total. The molecule has 2 atom stereocenters. The predicted molar refractivity (Wildman–Crippen MR) is 107 cm³/mol. The summed E-state index contributed by atoms with van der Waals surface area (Å²) in [5.74, 6) is 0.932. The lowest BCUT2D eigenvalue weighted by Crippen LogP contribution is -2.32. The van der Waals surface area contributed by atoms with E-state index in [2.05, 4.69) is 5.32 Å². The summed E-state index contributed by atoms with van der Waals surface area (Å²) in [6, 6.07) is 8.11. The number of hydrogen-bond donors (Lipinski definition) is 2. The number of nitrogens with two attached hydrogens (primary N) is 1. The second-order valence-electron chi connectivity index (χ2n) is 6.66. The van der Waals surface area contributed by atoms with E-state index >= 15 is 0 Å². The van der Waals surface area contributed by atoms with Gasteiger partial charge in [0.25, 0.3) is 0 Å². The minimum atomic E-state index is -0.632. The maximum atomic E-state index is 12.9. The summed E-state index contributed by atoms with van der Waals surface area (Å²) < 4.78 is 22.2. The molecule has 1 aliphatic heterocycles. The van der Waals surface area contributed by atoms with Gasteiger partial charge in [-0.3, -0.25) is 9.59 Å². The second-order valence-corrected chi connectivity index (χ2v) is 6.66. The van der Waals surface area contributed by atoms with E-state index in [-0.39, 0.29) is 23.9 Å². The zero-order valence-electron chi connectivity index (χ0n) is 16.8. The third kappa shape index (κ3) is 3.97. The van der Waals surface area contributed by atoms with E-state index in [1.165, 1.54) is 21.3 Å². The van der Waals surface area contributed by atoms with E-state index in [4.69, 9.17) is 24.7 Å². The van der Waals surface area contributed by atoms with Crippen LogP contribution in [0.25, 0.3) is 0 Å². The lowest BCUT2D eigenvalue weighted by Gasteiger charge is -2.28. The molecule has 1 unspecified atom stereocenters. The summed E-state index contributed by atoms with van der Waals surface area (Å²) in [6.45, 7) is 1.61. The molecule has 0 saturated carbocycles. The van der Waals surface area contributed by atoms with E-state index in [1.54, 1.807) is 31.2 Å². The van der Waals surface area contributed by atoms with Gasteiger partial charge in [0.1, 0.15) is 17.4 Å². The van der Waals surface area contributed by atoms with Crippen LogP contribution in [0.2, 0.25) is 0 Å². The molecule has 0 bridgehead atoms. The third-order valence-electron chi connectivity index (χ3n) is 4.65. The van der Waals surface area contributed by atoms with Crippen LogP contribution in [0.3, 0.4) is 0 Å². The van der Waals surface area contributed by atoms with E-state index in [9.17, 15) is 9.59 Å². The topological polar surface area (TPSA) is 109 Å². The number of nitrogens with one attached hydrogen (secondary N) is 1. The van der Waals surface area contributed by atoms with Crippen LogP contribution in [0.15, 0.2) is 30.3 Å². The summed E-state index contributed by atoms with van der Waals surface area (Å²) in [5.41, 5.74) is 7.25. The Bertz CT molecular complexity index is 941. The lowest BCUT2D eigenvalue weighted by molar-refractivity contribution is -0.117. The van der Waals surface area contributed by atoms with Crippen LogP contribution in [-0.2, 0) is 4.79 Å². The number of anilines is 1. The largest absolute Gasteiger partial charge is 0.493 e. The second kappa shape index (κ2) is 8.40. The van der Waals surface area contributed by atoms with Crippen molar-refractivity contribution in [1.82, 2.24) is 0 Å². The molecule has 0 saturated heterocycles. The molecular formula is C21H24N2O6. The van der Waals surface area contributed by atoms with Crippen LogP contribution in [0.5, 0.6) is 23.0 Å². The van der Waals surface area contributed by atoms with E-state index < -0.39 is 12.1 Å². The number of carbonyl (C=O) groups excluding carboxylic acids is 2. The van der Waals surface area contributed by atoms with Crippen molar-refractivity contribution in [2.75, 3.05) is 26.6 Å². The number of benzene rings is 2. The zero-order valence-corrected chi connectivity index (χ0v) is 16.8. The zero-order chi connectivity index (χ0) is 21.1. The number of hydrogen-bond acceptors (Lipinski definition) is 7. The maximum absolute atomic E-state index is 12.9. The van der Waals surface area contributed by atoms with Crippen molar-refractivity contribution < 1.29 is 28.5 Å². The van der Waals surface area contributed by atoms with Gasteiger partial charge in [0.2, 0.25) is 11.7 Å². The molecule has 0 spiro atoms. The molecule has 29 heavy (non-hydrogen) atoms. The summed E-state index contributed by atoms with van der Waals surface area (Å²) in [7, 11) is 4.43. The van der Waals surface area contributed by atoms with Crippen LogP contribution in [0.1, 0.15) is 35.4 Å². The molecule has 8 heteroatoms. The number of Topliss-reactive ketones (excluding diaryl/α,β-unsaturated/α-hetero) is 1. The monoisotopic (exact) mass is 400 g/mol. The van der Waals surface area contributed by atoms with Gasteiger partial charge in [-0.25, -0.2) is 0 Å². The first-order chi connectivity index (χ1) is 13.9. The van der Waals surface area contributed by atoms with Gasteiger partial charge in [-0.05, 0) is 24.6 Å². The van der Waals surface area contributed by atoms with Crippen molar-refractivity contribution in [2.24, 2.45) is 5.73 Å². The van der Waals surface area contributed by atoms with Gasteiger partial charge in [0, 0.05) is 11.8 Å². The Morgan fingerprint density at radius 2 is 1.90 bits per heavy atom. The number of methoxy groups -OCH3 is 3. The maximum Gasteiger partial charge on any atom is 0.240 e. The standard InChI is InChI=1S/C21H24N2O6/c1-11(22)21(25)23-13-7-5-6-12(8-13)15-9-14(24)18-16(29-15)10-17(26-2)19(27-3)20(18)28-4/h5-8,10-11,15H,9,22H2,1-4H3,(H,23,25)/t11-,15?/m0/s1. The molecule has 2 aromatic carbocycles. The highest BCUT2D eigenvalue weighted by Gasteiger charge is 2.34. The first-order valence-electron chi connectivity index (χ1n) is 9.08. The van der Waals surface area contributed by atoms with Gasteiger partial charge in [-0.1, -0.05) is 12.1 Å². The quantitative estimate of drug-likeness (QED) is 0.767. The number of ether oxygens (including phenoxy) is 4. The Morgan fingerprint density at radius 1 is 1.17 bits per heavy atom. The van der Waals surface area contributed by atoms with Crippen LogP contribution in [0, 0.1) is 0 Å². The fourth-order valence-corrected chi connectivity index (χ4v) is 3.21. The van der Waals surface area contributed by atoms with Crippen LogP contribution < -0.4 is 30.0 Å². The van der Waals surface area contributed by atoms with Crippen LogP contribution in [0.4, 0.5) is 5.69 Å². The predicted octanol–water partition coefficient (Wildman–Crippen LogP) is 2.70. The lowest BCUT2D eigenvalue weighted by atomic mass is 9.94. The molecule has 1 heterocycles. The summed E-state index contributed by atoms with van der Waals surface area (Å²) in [4.78, 5) is 24.8. The van der Waals surface area contributed by atoms with Gasteiger partial charge in [-0.15, -0.1) is 0 Å². The number of rotatable bonds is 6. The molecule has 1 amide bonds. The van der Waals surface area contributed by atoms with Gasteiger partial charge >= 0.3 is 0 Å². The van der Waals surface area contributed by atoms with Crippen molar-refractivity contribution in [3.8, 4) is 23.0 Å². The fourth-order valence-electron chi connectivity index (χ4n) is 3.21. The Labute approximate surface area is 168 Å². The molecule has 0 aromatic heterocycles. The van der Waals surface area contributed by atoms with Crippen LogP contribution >= 0.6 is 0 Å². The Balaban J connectivity index is 1.96. The van der Waals surface area contributed by atoms with E-state index in [0.29, 0.717) is 28.5 Å². The smallest absolute Gasteiger partial charge is 0.240 e. The first-order valence-corrected chi connectivity index (χ1v) is 9.08. The van der Waals surface area contributed by atoms with E-state index in [0.717, 1.165) is 5.56 Å². The summed E-state index contributed by atoms with van der Waals surface area (Å²) in [5, 5.41) is 2.74. The van der Waals surface area contributed by atoms with Gasteiger partial charge < -0.3 is 30.0 Å². The van der Waals surface area contributed by atoms with Crippen molar-refractivity contribution in [2.45, 2.75) is 25.5 Å². The Hall–Kier alpha value is -3.26. The molecule has 0 radical (unpaired) electrons. The summed E-state index contributed by atoms with van der Waals surface area (Å²) >= 11 is 0. The molecule has 0 aliphatic carbocycles. The van der Waals surface area contributed by atoms with Crippen LogP contribution in [-0.4, -0.2) is 39.1 Å². The molecule has 0 fully saturated rings. The van der Waals surface area contributed by atoms with Gasteiger partial charge in [-0.2, -0.15) is 0 Å². The van der Waals surface area contributed by atoms with Gasteiger partial charge in [0.05, 0.1) is 33.8 Å². The molecule has 3 rings (SSSR count). The Kier molecular flexibility index (Phi) is 5.93. The van der Waals surface area contributed by atoms with Crippen molar-refractivity contribution >= 4 is 17.4 Å². The molecule has 1 aliphatic rings. The minimum absolute atomic E-state index is 0.115. The SMILES string of the molecule is COc1cc2c(c(OC)c1OC)C(=O)CC(c1cccc(NC(=O)[C@H](C)N)c1)O2. The highest BCUT2D eigenvalue weighted by atomic mass is 16.5. The number of fused-ring (bicyclic) bond motifs is 1. The summed E-state index contributed by atoms with van der Waals surface area (Å²) in [6.07, 6.45) is -0.409. The molecule has 3 N–H and O–H groups in total. The van der Waals surface area contributed by atoms with E-state index in [1.807, 2.05) is 6.07 Å². The van der Waals surface area contributed by atoms with Crippen molar-refractivity contribution in [1.29, 1.82) is 0 Å². The van der Waals surface area contributed by atoms with Crippen molar-refractivity contribution in [3.63, 3.8) is 0 Å². The molecular weight excluding hydrogens is 376 g/mol. The van der Waals surface area contributed by atoms with Crippen molar-refractivity contribution in [3.05, 3.63) is 41.5 Å². The van der Waals surface area contributed by atoms with Gasteiger partial charge in [0.15, 0.2) is 17.3 Å². The number of ketones is 1. The normalized spacial score (nSPS) is 16.3. The highest BCUT2D eigenvalue weighted by Crippen LogP contribution is 2.49. The fraction of sp³-hybridized carbons (Fsp3) is 0.333. The minimum Gasteiger partial charge on any atom is -0.493 e. The highest BCUT2D eigenvalue weighted by molar-refractivity contribution is 6.04. The average Bonchev–Trinajstić information content (AvgIpc) is 2.72. The first kappa shape index (κ1) is 20.5. The molecule has 154 valence electrons.